The van der Waals surface area contributed by atoms with Gasteiger partial charge in [0.15, 0.2) is 6.10 Å². The fourth-order valence-corrected chi connectivity index (χ4v) is 2.63. The predicted molar refractivity (Wildman–Crippen MR) is 95.0 cm³/mol. The average Bonchev–Trinajstić information content (AvgIpc) is 2.68. The van der Waals surface area contributed by atoms with Crippen LogP contribution in [0.15, 0.2) is 54.6 Å². The molecule has 0 aliphatic heterocycles. The molecule has 6 nitrogen and oxygen atoms in total. The number of carbonyl (C=O) groups excluding carboxylic acids is 2. The summed E-state index contributed by atoms with van der Waals surface area (Å²) in [5, 5.41) is 11.9. The summed E-state index contributed by atoms with van der Waals surface area (Å²) in [5.74, 6) is -1.04. The van der Waals surface area contributed by atoms with E-state index in [1.807, 2.05) is 6.07 Å². The molecule has 0 spiro atoms. The number of nitriles is 1. The topological polar surface area (TPSA) is 88.4 Å². The lowest BCUT2D eigenvalue weighted by atomic mass is 10.00. The number of methoxy groups -OCH3 is 2. The maximum absolute atomic E-state index is 12.6. The molecular formula is C20H20N2O4. The third-order valence-corrected chi connectivity index (χ3v) is 3.94. The van der Waals surface area contributed by atoms with Crippen LogP contribution in [-0.4, -0.2) is 32.1 Å². The van der Waals surface area contributed by atoms with E-state index in [1.54, 1.807) is 48.5 Å². The number of rotatable bonds is 7. The summed E-state index contributed by atoms with van der Waals surface area (Å²) in [6.07, 6.45) is -0.706. The normalized spacial score (nSPS) is 12.5. The second-order valence-corrected chi connectivity index (χ2v) is 5.58. The fraction of sp³-hybridized carbons (Fsp3) is 0.250. The van der Waals surface area contributed by atoms with Gasteiger partial charge in [-0.25, -0.2) is 4.79 Å². The molecule has 2 atom stereocenters. The molecule has 0 saturated heterocycles. The van der Waals surface area contributed by atoms with Gasteiger partial charge in [-0.3, -0.25) is 4.79 Å². The van der Waals surface area contributed by atoms with Crippen LogP contribution in [0.3, 0.4) is 0 Å². The van der Waals surface area contributed by atoms with E-state index in [0.717, 1.165) is 0 Å². The van der Waals surface area contributed by atoms with Crippen molar-refractivity contribution in [2.24, 2.45) is 0 Å². The van der Waals surface area contributed by atoms with Crippen LogP contribution in [0.4, 0.5) is 0 Å². The molecule has 134 valence electrons. The standard InChI is InChI=1S/C20H20N2O4/c1-25-18(14-8-4-3-5-9-14)19(23)22-17(20(24)26-2)12-15-10-6-7-11-16(15)13-21/h3-11,17-18H,12H2,1-2H3,(H,22,23)/t17-,18+/m1/s1. The molecule has 2 rings (SSSR count). The number of hydrogen-bond donors (Lipinski definition) is 1. The lowest BCUT2D eigenvalue weighted by Crippen LogP contribution is -2.45. The van der Waals surface area contributed by atoms with Gasteiger partial charge in [0.25, 0.3) is 5.91 Å². The van der Waals surface area contributed by atoms with Crippen molar-refractivity contribution >= 4 is 11.9 Å². The summed E-state index contributed by atoms with van der Waals surface area (Å²) < 4.78 is 10.1. The molecule has 0 saturated carbocycles. The number of nitrogens with zero attached hydrogens (tertiary/aromatic N) is 1. The van der Waals surface area contributed by atoms with Crippen LogP contribution in [0, 0.1) is 11.3 Å². The number of carbonyl (C=O) groups is 2. The summed E-state index contributed by atoms with van der Waals surface area (Å²) >= 11 is 0. The molecule has 0 fully saturated rings. The van der Waals surface area contributed by atoms with Gasteiger partial charge in [-0.2, -0.15) is 5.26 Å². The van der Waals surface area contributed by atoms with Gasteiger partial charge in [0.05, 0.1) is 18.7 Å². The molecule has 1 N–H and O–H groups in total. The first-order valence-corrected chi connectivity index (χ1v) is 8.04. The minimum absolute atomic E-state index is 0.146. The molecule has 26 heavy (non-hydrogen) atoms. The molecule has 6 heteroatoms. The highest BCUT2D eigenvalue weighted by Gasteiger charge is 2.27. The summed E-state index contributed by atoms with van der Waals surface area (Å²) in [6.45, 7) is 0. The maximum Gasteiger partial charge on any atom is 0.328 e. The second kappa shape index (κ2) is 9.35. The number of amides is 1. The smallest absolute Gasteiger partial charge is 0.328 e. The van der Waals surface area contributed by atoms with E-state index in [2.05, 4.69) is 11.4 Å². The summed E-state index contributed by atoms with van der Waals surface area (Å²) in [6, 6.07) is 17.0. The summed E-state index contributed by atoms with van der Waals surface area (Å²) in [4.78, 5) is 24.8. The molecule has 0 heterocycles. The van der Waals surface area contributed by atoms with Crippen molar-refractivity contribution in [1.82, 2.24) is 5.32 Å². The average molecular weight is 352 g/mol. The predicted octanol–water partition coefficient (Wildman–Crippen LogP) is 2.15. The van der Waals surface area contributed by atoms with Crippen LogP contribution < -0.4 is 5.32 Å². The highest BCUT2D eigenvalue weighted by atomic mass is 16.5. The molecule has 0 bridgehead atoms. The largest absolute Gasteiger partial charge is 0.467 e. The van der Waals surface area contributed by atoms with Gasteiger partial charge in [-0.05, 0) is 17.2 Å². The van der Waals surface area contributed by atoms with Gasteiger partial charge in [-0.1, -0.05) is 48.5 Å². The van der Waals surface area contributed by atoms with Gasteiger partial charge in [0.1, 0.15) is 6.04 Å². The number of nitrogens with one attached hydrogen (secondary N) is 1. The number of benzene rings is 2. The Bertz CT molecular complexity index is 799. The molecular weight excluding hydrogens is 332 g/mol. The molecule has 1 amide bonds. The minimum atomic E-state index is -0.927. The van der Waals surface area contributed by atoms with E-state index in [1.165, 1.54) is 14.2 Å². The fourth-order valence-electron chi connectivity index (χ4n) is 2.63. The molecule has 0 aromatic heterocycles. The maximum atomic E-state index is 12.6. The van der Waals surface area contributed by atoms with Crippen LogP contribution in [0.5, 0.6) is 0 Å². The van der Waals surface area contributed by atoms with Crippen molar-refractivity contribution in [3.05, 3.63) is 71.3 Å². The first kappa shape index (κ1) is 19.2. The lowest BCUT2D eigenvalue weighted by Gasteiger charge is -2.21. The van der Waals surface area contributed by atoms with Gasteiger partial charge in [0, 0.05) is 13.5 Å². The Kier molecular flexibility index (Phi) is 6.89. The van der Waals surface area contributed by atoms with Gasteiger partial charge in [0.2, 0.25) is 0 Å². The zero-order valence-electron chi connectivity index (χ0n) is 14.6. The van der Waals surface area contributed by atoms with Crippen molar-refractivity contribution in [2.75, 3.05) is 14.2 Å². The summed E-state index contributed by atoms with van der Waals surface area (Å²) in [5.41, 5.74) is 1.77. The lowest BCUT2D eigenvalue weighted by molar-refractivity contribution is -0.146. The Morgan fingerprint density at radius 1 is 1.08 bits per heavy atom. The van der Waals surface area contributed by atoms with Crippen molar-refractivity contribution < 1.29 is 19.1 Å². The number of ether oxygens (including phenoxy) is 2. The van der Waals surface area contributed by atoms with E-state index in [-0.39, 0.29) is 6.42 Å². The first-order chi connectivity index (χ1) is 12.6. The van der Waals surface area contributed by atoms with Crippen molar-refractivity contribution in [3.8, 4) is 6.07 Å². The zero-order chi connectivity index (χ0) is 18.9. The monoisotopic (exact) mass is 352 g/mol. The highest BCUT2D eigenvalue weighted by molar-refractivity contribution is 5.88. The zero-order valence-corrected chi connectivity index (χ0v) is 14.6. The Balaban J connectivity index is 2.21. The van der Waals surface area contributed by atoms with E-state index in [0.29, 0.717) is 16.7 Å². The second-order valence-electron chi connectivity index (χ2n) is 5.58. The molecule has 0 unspecified atom stereocenters. The Labute approximate surface area is 152 Å². The van der Waals surface area contributed by atoms with Crippen LogP contribution in [-0.2, 0) is 25.5 Å². The van der Waals surface area contributed by atoms with Crippen molar-refractivity contribution in [2.45, 2.75) is 18.6 Å². The van der Waals surface area contributed by atoms with Crippen molar-refractivity contribution in [1.29, 1.82) is 5.26 Å². The number of hydrogen-bond acceptors (Lipinski definition) is 5. The van der Waals surface area contributed by atoms with E-state index < -0.39 is 24.0 Å². The quantitative estimate of drug-likeness (QED) is 0.771. The van der Waals surface area contributed by atoms with Crippen LogP contribution in [0.25, 0.3) is 0 Å². The molecule has 2 aromatic rings. The molecule has 0 aliphatic carbocycles. The third-order valence-electron chi connectivity index (χ3n) is 3.94. The van der Waals surface area contributed by atoms with E-state index in [4.69, 9.17) is 9.47 Å². The van der Waals surface area contributed by atoms with Crippen LogP contribution >= 0.6 is 0 Å². The first-order valence-electron chi connectivity index (χ1n) is 8.04. The van der Waals surface area contributed by atoms with Gasteiger partial charge in [-0.15, -0.1) is 0 Å². The van der Waals surface area contributed by atoms with Gasteiger partial charge >= 0.3 is 5.97 Å². The van der Waals surface area contributed by atoms with Crippen LogP contribution in [0.1, 0.15) is 22.8 Å². The third kappa shape index (κ3) is 4.68. The SMILES string of the molecule is COC(=O)[C@@H](Cc1ccccc1C#N)NC(=O)[C@@H](OC)c1ccccc1. The minimum Gasteiger partial charge on any atom is -0.467 e. The highest BCUT2D eigenvalue weighted by Crippen LogP contribution is 2.17. The Hall–Kier alpha value is -3.17. The molecule has 2 aromatic carbocycles. The van der Waals surface area contributed by atoms with Crippen molar-refractivity contribution in [3.63, 3.8) is 0 Å². The Morgan fingerprint density at radius 3 is 2.35 bits per heavy atom. The van der Waals surface area contributed by atoms with E-state index in [9.17, 15) is 14.9 Å². The Morgan fingerprint density at radius 2 is 1.73 bits per heavy atom. The van der Waals surface area contributed by atoms with Crippen LogP contribution in [0.2, 0.25) is 0 Å². The summed E-state index contributed by atoms with van der Waals surface area (Å²) in [7, 11) is 2.68. The molecule has 0 radical (unpaired) electrons. The molecule has 0 aliphatic rings. The number of esters is 1. The van der Waals surface area contributed by atoms with Gasteiger partial charge < -0.3 is 14.8 Å². The van der Waals surface area contributed by atoms with E-state index >= 15 is 0 Å².